The van der Waals surface area contributed by atoms with E-state index in [9.17, 15) is 9.90 Å². The van der Waals surface area contributed by atoms with E-state index in [1.807, 2.05) is 0 Å². The Kier molecular flexibility index (Phi) is 4.57. The number of rotatable bonds is 2. The molecule has 2 aromatic heterocycles. The molecule has 1 aromatic carbocycles. The number of fused-ring (bicyclic) bond motifs is 3. The molecule has 8 nitrogen and oxygen atoms in total. The fraction of sp³-hybridized carbons (Fsp3) is 0.250. The van der Waals surface area contributed by atoms with Crippen LogP contribution in [-0.2, 0) is 12.1 Å². The molecule has 1 aliphatic rings. The highest BCUT2D eigenvalue weighted by atomic mass is 35.5. The second kappa shape index (κ2) is 6.95. The van der Waals surface area contributed by atoms with Crippen molar-refractivity contribution in [2.24, 2.45) is 5.73 Å². The summed E-state index contributed by atoms with van der Waals surface area (Å²) in [4.78, 5) is 15.9. The highest BCUT2D eigenvalue weighted by Gasteiger charge is 2.28. The number of benzene rings is 1. The van der Waals surface area contributed by atoms with Gasteiger partial charge in [0, 0.05) is 17.8 Å². The molecule has 0 saturated heterocycles. The number of aryl methyl sites for hydroxylation is 1. The largest absolute Gasteiger partial charge is 0.491 e. The second-order valence-electron chi connectivity index (χ2n) is 6.83. The van der Waals surface area contributed by atoms with Crippen molar-refractivity contribution in [3.8, 4) is 29.0 Å². The van der Waals surface area contributed by atoms with Crippen LogP contribution < -0.4 is 10.5 Å². The molecule has 0 radical (unpaired) electrons. The molecule has 1 atom stereocenters. The first-order valence-corrected chi connectivity index (χ1v) is 9.15. The van der Waals surface area contributed by atoms with Crippen molar-refractivity contribution in [1.82, 2.24) is 14.7 Å². The van der Waals surface area contributed by atoms with Crippen LogP contribution in [0.2, 0.25) is 5.02 Å². The topological polar surface area (TPSA) is 116 Å². The van der Waals surface area contributed by atoms with Crippen molar-refractivity contribution >= 4 is 17.5 Å². The quantitative estimate of drug-likeness (QED) is 0.623. The Hall–Kier alpha value is -3.28. The van der Waals surface area contributed by atoms with Gasteiger partial charge in [-0.3, -0.25) is 4.79 Å². The number of aliphatic hydroxyl groups is 1. The molecule has 1 unspecified atom stereocenters. The fourth-order valence-electron chi connectivity index (χ4n) is 3.07. The number of primary amides is 1. The standard InChI is InChI=1S/C20H17ClN4O4/c1-11-7-12(24-29-11)3-4-20(2,27)14-8-13-17(9-15(14)21)28-6-5-25-10-16(18(22)26)23-19(13)25/h7-10,27H,5-6H2,1-2H3,(H2,22,26). The Morgan fingerprint density at radius 3 is 2.90 bits per heavy atom. The van der Waals surface area contributed by atoms with Crippen molar-refractivity contribution < 1.29 is 19.2 Å². The number of imidazole rings is 1. The minimum absolute atomic E-state index is 0.150. The van der Waals surface area contributed by atoms with Crippen molar-refractivity contribution in [2.45, 2.75) is 26.0 Å². The van der Waals surface area contributed by atoms with Crippen LogP contribution in [0.1, 0.15) is 34.4 Å². The Morgan fingerprint density at radius 2 is 2.21 bits per heavy atom. The SMILES string of the molecule is Cc1cc(C#CC(C)(O)c2cc3c(cc2Cl)OCCn2cc(C(N)=O)nc2-3)no1. The van der Waals surface area contributed by atoms with Crippen LogP contribution in [0.3, 0.4) is 0 Å². The summed E-state index contributed by atoms with van der Waals surface area (Å²) in [7, 11) is 0. The summed E-state index contributed by atoms with van der Waals surface area (Å²) < 4.78 is 12.5. The van der Waals surface area contributed by atoms with E-state index in [2.05, 4.69) is 22.0 Å². The highest BCUT2D eigenvalue weighted by Crippen LogP contribution is 2.39. The van der Waals surface area contributed by atoms with Gasteiger partial charge in [0.25, 0.3) is 5.91 Å². The van der Waals surface area contributed by atoms with Gasteiger partial charge in [-0.25, -0.2) is 4.98 Å². The molecule has 0 saturated carbocycles. The molecule has 3 heterocycles. The minimum Gasteiger partial charge on any atom is -0.491 e. The summed E-state index contributed by atoms with van der Waals surface area (Å²) in [5.41, 5.74) is 5.27. The molecular weight excluding hydrogens is 396 g/mol. The first-order chi connectivity index (χ1) is 13.7. The monoisotopic (exact) mass is 412 g/mol. The lowest BCUT2D eigenvalue weighted by Gasteiger charge is -2.20. The molecule has 4 rings (SSSR count). The van der Waals surface area contributed by atoms with E-state index < -0.39 is 11.5 Å². The van der Waals surface area contributed by atoms with Gasteiger partial charge in [0.15, 0.2) is 5.69 Å². The van der Waals surface area contributed by atoms with Crippen LogP contribution in [-0.4, -0.2) is 32.3 Å². The zero-order valence-electron chi connectivity index (χ0n) is 15.7. The summed E-state index contributed by atoms with van der Waals surface area (Å²) in [6.07, 6.45) is 1.58. The third-order valence-corrected chi connectivity index (χ3v) is 4.83. The molecule has 3 N–H and O–H groups in total. The smallest absolute Gasteiger partial charge is 0.268 e. The van der Waals surface area contributed by atoms with Crippen molar-refractivity contribution in [1.29, 1.82) is 0 Å². The van der Waals surface area contributed by atoms with Gasteiger partial charge in [0.2, 0.25) is 0 Å². The van der Waals surface area contributed by atoms with E-state index >= 15 is 0 Å². The van der Waals surface area contributed by atoms with Crippen molar-refractivity contribution in [2.75, 3.05) is 6.61 Å². The zero-order valence-corrected chi connectivity index (χ0v) is 16.4. The summed E-state index contributed by atoms with van der Waals surface area (Å²) in [6.45, 7) is 4.13. The van der Waals surface area contributed by atoms with Gasteiger partial charge in [0.1, 0.15) is 35.2 Å². The van der Waals surface area contributed by atoms with Gasteiger partial charge < -0.3 is 24.7 Å². The Bertz CT molecular complexity index is 1180. The number of carbonyl (C=O) groups excluding carboxylic acids is 1. The van der Waals surface area contributed by atoms with Gasteiger partial charge >= 0.3 is 0 Å². The molecule has 0 spiro atoms. The second-order valence-corrected chi connectivity index (χ2v) is 7.24. The van der Waals surface area contributed by atoms with Crippen LogP contribution in [0.15, 0.2) is 28.9 Å². The van der Waals surface area contributed by atoms with E-state index in [1.54, 1.807) is 35.9 Å². The number of carbonyl (C=O) groups is 1. The van der Waals surface area contributed by atoms with Crippen LogP contribution in [0.5, 0.6) is 5.75 Å². The maximum atomic E-state index is 11.5. The van der Waals surface area contributed by atoms with E-state index in [1.165, 1.54) is 6.92 Å². The maximum absolute atomic E-state index is 11.5. The number of halogens is 1. The number of nitrogens with zero attached hydrogens (tertiary/aromatic N) is 3. The molecule has 0 bridgehead atoms. The number of hydrogen-bond acceptors (Lipinski definition) is 6. The molecule has 29 heavy (non-hydrogen) atoms. The molecule has 1 aliphatic heterocycles. The van der Waals surface area contributed by atoms with Gasteiger partial charge in [-0.15, -0.1) is 0 Å². The summed E-state index contributed by atoms with van der Waals surface area (Å²) >= 11 is 6.42. The van der Waals surface area contributed by atoms with Crippen LogP contribution >= 0.6 is 11.6 Å². The minimum atomic E-state index is -1.59. The van der Waals surface area contributed by atoms with Crippen LogP contribution in [0.25, 0.3) is 11.4 Å². The average Bonchev–Trinajstić information content (AvgIpc) is 3.23. The number of nitrogens with two attached hydrogens (primary N) is 1. The average molecular weight is 413 g/mol. The Labute approximate surface area is 171 Å². The van der Waals surface area contributed by atoms with Crippen molar-refractivity contribution in [3.63, 3.8) is 0 Å². The molecule has 0 fully saturated rings. The summed E-state index contributed by atoms with van der Waals surface area (Å²) in [6, 6.07) is 4.93. The zero-order chi connectivity index (χ0) is 20.8. The first kappa shape index (κ1) is 19.1. The lowest BCUT2D eigenvalue weighted by molar-refractivity contribution is 0.0995. The fourth-order valence-corrected chi connectivity index (χ4v) is 3.41. The Balaban J connectivity index is 1.82. The van der Waals surface area contributed by atoms with E-state index in [0.717, 1.165) is 0 Å². The first-order valence-electron chi connectivity index (χ1n) is 8.77. The van der Waals surface area contributed by atoms with Gasteiger partial charge in [0.05, 0.1) is 17.1 Å². The Morgan fingerprint density at radius 1 is 1.41 bits per heavy atom. The number of ether oxygens (including phenoxy) is 1. The van der Waals surface area contributed by atoms with E-state index in [0.29, 0.717) is 47.3 Å². The van der Waals surface area contributed by atoms with Gasteiger partial charge in [-0.05, 0) is 31.9 Å². The maximum Gasteiger partial charge on any atom is 0.268 e. The predicted octanol–water partition coefficient (Wildman–Crippen LogP) is 2.25. The number of aromatic nitrogens is 3. The third kappa shape index (κ3) is 3.58. The van der Waals surface area contributed by atoms with Gasteiger partial charge in [-0.2, -0.15) is 0 Å². The van der Waals surface area contributed by atoms with Crippen molar-refractivity contribution in [3.05, 3.63) is 52.1 Å². The third-order valence-electron chi connectivity index (χ3n) is 4.52. The molecule has 0 aliphatic carbocycles. The molecule has 3 aromatic rings. The summed E-state index contributed by atoms with van der Waals surface area (Å²) in [5, 5.41) is 15.1. The van der Waals surface area contributed by atoms with E-state index in [-0.39, 0.29) is 10.7 Å². The molecule has 1 amide bonds. The predicted molar refractivity (Wildman–Crippen MR) is 104 cm³/mol. The molecule has 148 valence electrons. The number of amides is 1. The highest BCUT2D eigenvalue weighted by molar-refractivity contribution is 6.31. The lowest BCUT2D eigenvalue weighted by atomic mass is 9.94. The molecule has 9 heteroatoms. The lowest BCUT2D eigenvalue weighted by Crippen LogP contribution is -2.19. The van der Waals surface area contributed by atoms with Gasteiger partial charge in [-0.1, -0.05) is 22.7 Å². The normalized spacial score (nSPS) is 14.5. The summed E-state index contributed by atoms with van der Waals surface area (Å²) in [5.74, 6) is 6.55. The van der Waals surface area contributed by atoms with E-state index in [4.69, 9.17) is 26.6 Å². The number of hydrogen-bond donors (Lipinski definition) is 2. The van der Waals surface area contributed by atoms with Crippen LogP contribution in [0.4, 0.5) is 0 Å². The molecular formula is C20H17ClN4O4. The van der Waals surface area contributed by atoms with Crippen LogP contribution in [0, 0.1) is 18.8 Å².